The van der Waals surface area contributed by atoms with Gasteiger partial charge in [0.25, 0.3) is 0 Å². The van der Waals surface area contributed by atoms with Gasteiger partial charge < -0.3 is 0 Å². The van der Waals surface area contributed by atoms with E-state index in [1.54, 1.807) is 24.1 Å². The van der Waals surface area contributed by atoms with Gasteiger partial charge >= 0.3 is 0 Å². The highest BCUT2D eigenvalue weighted by Gasteiger charge is 2.08. The molecule has 0 unspecified atom stereocenters. The molecule has 0 atom stereocenters. The quantitative estimate of drug-likeness (QED) is 0.626. The average molecular weight is 242 g/mol. The summed E-state index contributed by atoms with van der Waals surface area (Å²) in [6, 6.07) is 0. The molecule has 0 spiro atoms. The second-order valence-corrected chi connectivity index (χ2v) is 5.99. The van der Waals surface area contributed by atoms with Gasteiger partial charge in [0.1, 0.15) is 0 Å². The molecule has 2 rings (SSSR count). The SMILES string of the molecule is C1=C(SOSC2=CCCCC2)CCCC1. The Balaban J connectivity index is 1.65. The predicted octanol–water partition coefficient (Wildman–Crippen LogP) is 5.22. The van der Waals surface area contributed by atoms with Crippen LogP contribution >= 0.6 is 24.1 Å². The Hall–Kier alpha value is 0.140. The van der Waals surface area contributed by atoms with Gasteiger partial charge in [0, 0.05) is 33.9 Å². The van der Waals surface area contributed by atoms with E-state index >= 15 is 0 Å². The van der Waals surface area contributed by atoms with Crippen molar-refractivity contribution in [3.63, 3.8) is 0 Å². The summed E-state index contributed by atoms with van der Waals surface area (Å²) in [4.78, 5) is 2.84. The third-order valence-corrected chi connectivity index (χ3v) is 4.49. The van der Waals surface area contributed by atoms with Gasteiger partial charge in [0.2, 0.25) is 0 Å². The van der Waals surface area contributed by atoms with Crippen LogP contribution in [0.3, 0.4) is 0 Å². The van der Waals surface area contributed by atoms with Crippen molar-refractivity contribution in [3.8, 4) is 0 Å². The van der Waals surface area contributed by atoms with Crippen LogP contribution in [0.15, 0.2) is 22.0 Å². The minimum absolute atomic E-state index is 1.21. The minimum atomic E-state index is 1.21. The van der Waals surface area contributed by atoms with E-state index in [9.17, 15) is 0 Å². The second kappa shape index (κ2) is 6.66. The highest BCUT2D eigenvalue weighted by atomic mass is 32.2. The van der Waals surface area contributed by atoms with Crippen LogP contribution in [0.5, 0.6) is 0 Å². The molecule has 3 heteroatoms. The Kier molecular flexibility index (Phi) is 5.16. The van der Waals surface area contributed by atoms with Crippen molar-refractivity contribution in [2.75, 3.05) is 0 Å². The fraction of sp³-hybridized carbons (Fsp3) is 0.667. The molecule has 0 heterocycles. The summed E-state index contributed by atoms with van der Waals surface area (Å²) in [5.41, 5.74) is 0. The van der Waals surface area contributed by atoms with Crippen LogP contribution in [0.4, 0.5) is 0 Å². The number of rotatable bonds is 4. The van der Waals surface area contributed by atoms with Gasteiger partial charge in [-0.2, -0.15) is 0 Å². The van der Waals surface area contributed by atoms with Crippen LogP contribution < -0.4 is 0 Å². The Labute approximate surface area is 101 Å². The Bertz CT molecular complexity index is 232. The van der Waals surface area contributed by atoms with E-state index in [0.717, 1.165) is 0 Å². The van der Waals surface area contributed by atoms with E-state index in [1.807, 2.05) is 0 Å². The van der Waals surface area contributed by atoms with Gasteiger partial charge in [-0.1, -0.05) is 12.2 Å². The molecule has 0 radical (unpaired) electrons. The molecule has 1 nitrogen and oxygen atoms in total. The lowest BCUT2D eigenvalue weighted by atomic mass is 10.1. The average Bonchev–Trinajstić information content (AvgIpc) is 2.32. The van der Waals surface area contributed by atoms with Crippen molar-refractivity contribution in [3.05, 3.63) is 22.0 Å². The molecule has 0 saturated carbocycles. The van der Waals surface area contributed by atoms with Crippen molar-refractivity contribution in [1.29, 1.82) is 0 Å². The summed E-state index contributed by atoms with van der Waals surface area (Å²) in [5, 5.41) is 0. The Morgan fingerprint density at radius 3 is 1.73 bits per heavy atom. The lowest BCUT2D eigenvalue weighted by molar-refractivity contribution is 0.699. The summed E-state index contributed by atoms with van der Waals surface area (Å²) in [7, 11) is 0. The number of hydrogen-bond donors (Lipinski definition) is 0. The molecular formula is C12H18OS2. The molecule has 15 heavy (non-hydrogen) atoms. The molecule has 0 amide bonds. The van der Waals surface area contributed by atoms with Gasteiger partial charge in [0.05, 0.1) is 0 Å². The van der Waals surface area contributed by atoms with Crippen LogP contribution in [0.1, 0.15) is 51.4 Å². The predicted molar refractivity (Wildman–Crippen MR) is 69.4 cm³/mol. The Morgan fingerprint density at radius 1 is 0.800 bits per heavy atom. The van der Waals surface area contributed by atoms with Gasteiger partial charge in [-0.05, 0) is 51.4 Å². The van der Waals surface area contributed by atoms with Crippen LogP contribution in [-0.2, 0) is 3.63 Å². The van der Waals surface area contributed by atoms with Gasteiger partial charge in [0.15, 0.2) is 0 Å². The molecule has 0 aromatic carbocycles. The molecule has 2 aliphatic carbocycles. The third-order valence-electron chi connectivity index (χ3n) is 2.78. The topological polar surface area (TPSA) is 9.23 Å². The third kappa shape index (κ3) is 4.25. The molecular weight excluding hydrogens is 224 g/mol. The maximum atomic E-state index is 5.61. The summed E-state index contributed by atoms with van der Waals surface area (Å²) in [5.74, 6) is 0. The summed E-state index contributed by atoms with van der Waals surface area (Å²) < 4.78 is 5.61. The van der Waals surface area contributed by atoms with E-state index in [-0.39, 0.29) is 0 Å². The van der Waals surface area contributed by atoms with Crippen molar-refractivity contribution < 1.29 is 3.63 Å². The molecule has 0 bridgehead atoms. The lowest BCUT2D eigenvalue weighted by Gasteiger charge is -2.13. The fourth-order valence-corrected chi connectivity index (χ4v) is 3.54. The molecule has 0 saturated heterocycles. The van der Waals surface area contributed by atoms with Crippen molar-refractivity contribution in [2.45, 2.75) is 51.4 Å². The second-order valence-electron chi connectivity index (χ2n) is 4.07. The first-order valence-corrected chi connectivity index (χ1v) is 7.33. The van der Waals surface area contributed by atoms with Gasteiger partial charge in [-0.3, -0.25) is 0 Å². The summed E-state index contributed by atoms with van der Waals surface area (Å²) in [6.07, 6.45) is 14.9. The molecule has 0 aromatic rings. The normalized spacial score (nSPS) is 22.1. The minimum Gasteiger partial charge on any atom is -0.238 e. The zero-order valence-corrected chi connectivity index (χ0v) is 10.7. The van der Waals surface area contributed by atoms with Gasteiger partial charge in [-0.25, -0.2) is 3.63 Å². The fourth-order valence-electron chi connectivity index (χ4n) is 1.87. The molecule has 0 fully saturated rings. The van der Waals surface area contributed by atoms with Crippen molar-refractivity contribution in [2.24, 2.45) is 0 Å². The maximum Gasteiger partial charge on any atom is 0.0399 e. The largest absolute Gasteiger partial charge is 0.238 e. The molecule has 0 aromatic heterocycles. The van der Waals surface area contributed by atoms with Crippen LogP contribution in [0, 0.1) is 0 Å². The zero-order valence-electron chi connectivity index (χ0n) is 9.04. The molecule has 0 N–H and O–H groups in total. The first-order chi connectivity index (χ1) is 7.45. The van der Waals surface area contributed by atoms with Crippen LogP contribution in [0.2, 0.25) is 0 Å². The molecule has 0 aliphatic heterocycles. The van der Waals surface area contributed by atoms with Crippen molar-refractivity contribution >= 4 is 24.1 Å². The van der Waals surface area contributed by atoms with E-state index in [4.69, 9.17) is 3.63 Å². The van der Waals surface area contributed by atoms with Gasteiger partial charge in [-0.15, -0.1) is 0 Å². The Morgan fingerprint density at radius 2 is 1.33 bits per heavy atom. The summed E-state index contributed by atoms with van der Waals surface area (Å²) in [6.45, 7) is 0. The first-order valence-electron chi connectivity index (χ1n) is 5.84. The maximum absolute atomic E-state index is 5.61. The summed E-state index contributed by atoms with van der Waals surface area (Å²) >= 11 is 3.15. The monoisotopic (exact) mass is 242 g/mol. The van der Waals surface area contributed by atoms with Crippen LogP contribution in [-0.4, -0.2) is 0 Å². The highest BCUT2D eigenvalue weighted by molar-refractivity contribution is 8.11. The van der Waals surface area contributed by atoms with E-state index in [1.165, 1.54) is 61.2 Å². The number of allylic oxidation sites excluding steroid dienone is 4. The standard InChI is InChI=1S/C12H18OS2/c1-3-7-11(8-4-1)14-13-15-12-9-5-2-6-10-12/h7,9H,1-6,8,10H2. The van der Waals surface area contributed by atoms with E-state index in [0.29, 0.717) is 0 Å². The highest BCUT2D eigenvalue weighted by Crippen LogP contribution is 2.36. The van der Waals surface area contributed by atoms with Crippen molar-refractivity contribution in [1.82, 2.24) is 0 Å². The zero-order chi connectivity index (χ0) is 10.3. The van der Waals surface area contributed by atoms with E-state index < -0.39 is 0 Å². The first kappa shape index (κ1) is 11.6. The van der Waals surface area contributed by atoms with E-state index in [2.05, 4.69) is 12.2 Å². The van der Waals surface area contributed by atoms with Crippen LogP contribution in [0.25, 0.3) is 0 Å². The number of hydrogen-bond acceptors (Lipinski definition) is 3. The smallest absolute Gasteiger partial charge is 0.0399 e. The molecule has 84 valence electrons. The molecule has 2 aliphatic rings. The lowest BCUT2D eigenvalue weighted by Crippen LogP contribution is -1.89.